The van der Waals surface area contributed by atoms with Gasteiger partial charge in [0.2, 0.25) is 5.91 Å². The van der Waals surface area contributed by atoms with Gasteiger partial charge in [0.15, 0.2) is 0 Å². The summed E-state index contributed by atoms with van der Waals surface area (Å²) in [4.78, 5) is 27.3. The molecule has 1 aromatic carbocycles. The van der Waals surface area contributed by atoms with Gasteiger partial charge >= 0.3 is 5.97 Å². The SMILES string of the molecule is CN(CCC1CCCCN1)C(=O)C1CCC2(CC1)OC(=O)c1cc(OCCF)ccc12.Cl. The van der Waals surface area contributed by atoms with Crippen molar-refractivity contribution in [2.24, 2.45) is 5.92 Å². The first-order valence-electron chi connectivity index (χ1n) is 11.6. The Morgan fingerprint density at radius 3 is 2.75 bits per heavy atom. The smallest absolute Gasteiger partial charge is 0.339 e. The van der Waals surface area contributed by atoms with Crippen molar-refractivity contribution >= 4 is 24.3 Å². The number of alkyl halides is 1. The summed E-state index contributed by atoms with van der Waals surface area (Å²) in [6, 6.07) is 5.79. The molecule has 178 valence electrons. The minimum absolute atomic E-state index is 0. The molecule has 1 aromatic rings. The van der Waals surface area contributed by atoms with E-state index < -0.39 is 12.3 Å². The molecule has 1 saturated heterocycles. The maximum atomic E-state index is 13.0. The highest BCUT2D eigenvalue weighted by Gasteiger charge is 2.48. The van der Waals surface area contributed by atoms with Gasteiger partial charge in [0.25, 0.3) is 0 Å². The number of hydrogen-bond donors (Lipinski definition) is 1. The van der Waals surface area contributed by atoms with Gasteiger partial charge < -0.3 is 19.7 Å². The first kappa shape index (κ1) is 24.8. The minimum Gasteiger partial charge on any atom is -0.491 e. The Balaban J connectivity index is 0.00000289. The van der Waals surface area contributed by atoms with Crippen molar-refractivity contribution in [3.8, 4) is 5.75 Å². The van der Waals surface area contributed by atoms with E-state index in [1.54, 1.807) is 12.1 Å². The average molecular weight is 469 g/mol. The highest BCUT2D eigenvalue weighted by molar-refractivity contribution is 5.95. The monoisotopic (exact) mass is 468 g/mol. The number of nitrogens with zero attached hydrogens (tertiary/aromatic N) is 1. The molecule has 8 heteroatoms. The van der Waals surface area contributed by atoms with Crippen LogP contribution in [-0.4, -0.2) is 56.2 Å². The second kappa shape index (κ2) is 10.8. The number of carbonyl (C=O) groups excluding carboxylic acids is 2. The first-order chi connectivity index (χ1) is 15.0. The van der Waals surface area contributed by atoms with Crippen molar-refractivity contribution in [2.75, 3.05) is 33.4 Å². The predicted octanol–water partition coefficient (Wildman–Crippen LogP) is 4.00. The summed E-state index contributed by atoms with van der Waals surface area (Å²) in [5, 5.41) is 3.54. The number of nitrogens with one attached hydrogen (secondary N) is 1. The molecule has 1 saturated carbocycles. The number of rotatable bonds is 7. The number of fused-ring (bicyclic) bond motifs is 2. The highest BCUT2D eigenvalue weighted by atomic mass is 35.5. The van der Waals surface area contributed by atoms with Crippen LogP contribution in [0.3, 0.4) is 0 Å². The number of benzene rings is 1. The summed E-state index contributed by atoms with van der Waals surface area (Å²) in [5.74, 6) is 0.293. The molecule has 0 radical (unpaired) electrons. The second-order valence-corrected chi connectivity index (χ2v) is 9.10. The molecule has 0 bridgehead atoms. The van der Waals surface area contributed by atoms with Crippen LogP contribution in [0.5, 0.6) is 5.75 Å². The summed E-state index contributed by atoms with van der Waals surface area (Å²) in [6.07, 6.45) is 7.40. The van der Waals surface area contributed by atoms with Crippen molar-refractivity contribution in [2.45, 2.75) is 63.0 Å². The highest BCUT2D eigenvalue weighted by Crippen LogP contribution is 2.49. The fourth-order valence-electron chi connectivity index (χ4n) is 5.27. The molecule has 1 aliphatic carbocycles. The molecule has 3 aliphatic rings. The van der Waals surface area contributed by atoms with Crippen LogP contribution in [0, 0.1) is 5.92 Å². The van der Waals surface area contributed by atoms with Gasteiger partial charge in [0.1, 0.15) is 24.6 Å². The molecule has 6 nitrogen and oxygen atoms in total. The van der Waals surface area contributed by atoms with Gasteiger partial charge in [-0.25, -0.2) is 9.18 Å². The zero-order chi connectivity index (χ0) is 21.8. The summed E-state index contributed by atoms with van der Waals surface area (Å²) in [7, 11) is 1.90. The molecule has 1 amide bonds. The predicted molar refractivity (Wildman–Crippen MR) is 122 cm³/mol. The Hall–Kier alpha value is -1.86. The second-order valence-electron chi connectivity index (χ2n) is 9.10. The third-order valence-corrected chi connectivity index (χ3v) is 7.08. The number of carbonyl (C=O) groups is 2. The van der Waals surface area contributed by atoms with E-state index in [2.05, 4.69) is 5.32 Å². The fraction of sp³-hybridized carbons (Fsp3) is 0.667. The number of hydrogen-bond acceptors (Lipinski definition) is 5. The van der Waals surface area contributed by atoms with Gasteiger partial charge in [0.05, 0.1) is 5.56 Å². The lowest BCUT2D eigenvalue weighted by molar-refractivity contribution is -0.137. The van der Waals surface area contributed by atoms with E-state index in [0.29, 0.717) is 43.0 Å². The lowest BCUT2D eigenvalue weighted by atomic mass is 9.74. The van der Waals surface area contributed by atoms with Crippen LogP contribution >= 0.6 is 12.4 Å². The molecular weight excluding hydrogens is 435 g/mol. The number of amides is 1. The van der Waals surface area contributed by atoms with Crippen molar-refractivity contribution in [1.82, 2.24) is 10.2 Å². The molecule has 2 fully saturated rings. The van der Waals surface area contributed by atoms with Crippen LogP contribution in [0.1, 0.15) is 67.3 Å². The van der Waals surface area contributed by atoms with Crippen LogP contribution in [-0.2, 0) is 15.1 Å². The van der Waals surface area contributed by atoms with E-state index in [1.165, 1.54) is 19.3 Å². The standard InChI is InChI=1S/C24H33FN2O4.ClH/c1-27(14-9-18-4-2-3-13-26-18)22(28)17-7-10-24(11-8-17)21-6-5-19(30-15-12-25)16-20(21)23(29)31-24;/h5-6,16-18,26H,2-4,7-15H2,1H3;1H. The topological polar surface area (TPSA) is 67.9 Å². The van der Waals surface area contributed by atoms with Crippen molar-refractivity contribution in [3.05, 3.63) is 29.3 Å². The van der Waals surface area contributed by atoms with Gasteiger partial charge in [0, 0.05) is 31.1 Å². The normalized spacial score (nSPS) is 26.8. The molecule has 1 atom stereocenters. The number of piperidine rings is 1. The van der Waals surface area contributed by atoms with Crippen LogP contribution in [0.25, 0.3) is 0 Å². The zero-order valence-corrected chi connectivity index (χ0v) is 19.6. The largest absolute Gasteiger partial charge is 0.491 e. The molecule has 1 spiro atoms. The third-order valence-electron chi connectivity index (χ3n) is 7.08. The Morgan fingerprint density at radius 2 is 2.06 bits per heavy atom. The molecule has 1 unspecified atom stereocenters. The molecule has 0 aromatic heterocycles. The van der Waals surface area contributed by atoms with Gasteiger partial charge in [-0.3, -0.25) is 4.79 Å². The average Bonchev–Trinajstić information content (AvgIpc) is 3.07. The number of ether oxygens (including phenoxy) is 2. The Bertz CT molecular complexity index is 807. The van der Waals surface area contributed by atoms with Crippen LogP contribution in [0.2, 0.25) is 0 Å². The Labute approximate surface area is 195 Å². The van der Waals surface area contributed by atoms with E-state index in [0.717, 1.165) is 25.1 Å². The van der Waals surface area contributed by atoms with Crippen LogP contribution in [0.15, 0.2) is 18.2 Å². The first-order valence-corrected chi connectivity index (χ1v) is 11.6. The van der Waals surface area contributed by atoms with Crippen molar-refractivity contribution < 1.29 is 23.5 Å². The van der Waals surface area contributed by atoms with Crippen molar-refractivity contribution in [3.63, 3.8) is 0 Å². The molecule has 1 N–H and O–H groups in total. The number of esters is 1. The minimum atomic E-state index is -0.646. The molecule has 2 aliphatic heterocycles. The fourth-order valence-corrected chi connectivity index (χ4v) is 5.27. The molecule has 2 heterocycles. The quantitative estimate of drug-likeness (QED) is 0.612. The lowest BCUT2D eigenvalue weighted by Crippen LogP contribution is -2.42. The van der Waals surface area contributed by atoms with Gasteiger partial charge in [-0.05, 0) is 63.6 Å². The summed E-state index contributed by atoms with van der Waals surface area (Å²) < 4.78 is 23.5. The summed E-state index contributed by atoms with van der Waals surface area (Å²) in [6.45, 7) is 1.24. The zero-order valence-electron chi connectivity index (χ0n) is 18.7. The van der Waals surface area contributed by atoms with E-state index in [-0.39, 0.29) is 36.8 Å². The third kappa shape index (κ3) is 5.20. The van der Waals surface area contributed by atoms with Gasteiger partial charge in [-0.1, -0.05) is 12.5 Å². The van der Waals surface area contributed by atoms with Crippen LogP contribution < -0.4 is 10.1 Å². The van der Waals surface area contributed by atoms with E-state index >= 15 is 0 Å². The lowest BCUT2D eigenvalue weighted by Gasteiger charge is -2.37. The van der Waals surface area contributed by atoms with E-state index in [1.807, 2.05) is 18.0 Å². The molecule has 4 rings (SSSR count). The molecular formula is C24H34ClFN2O4. The molecule has 32 heavy (non-hydrogen) atoms. The Kier molecular flexibility index (Phi) is 8.39. The van der Waals surface area contributed by atoms with Crippen LogP contribution in [0.4, 0.5) is 4.39 Å². The van der Waals surface area contributed by atoms with E-state index in [9.17, 15) is 14.0 Å². The van der Waals surface area contributed by atoms with Gasteiger partial charge in [-0.2, -0.15) is 0 Å². The maximum Gasteiger partial charge on any atom is 0.339 e. The summed E-state index contributed by atoms with van der Waals surface area (Å²) in [5.41, 5.74) is 0.720. The Morgan fingerprint density at radius 1 is 1.28 bits per heavy atom. The summed E-state index contributed by atoms with van der Waals surface area (Å²) >= 11 is 0. The maximum absolute atomic E-state index is 13.0. The van der Waals surface area contributed by atoms with E-state index in [4.69, 9.17) is 9.47 Å². The van der Waals surface area contributed by atoms with Gasteiger partial charge in [-0.15, -0.1) is 12.4 Å². The van der Waals surface area contributed by atoms with Crippen molar-refractivity contribution in [1.29, 1.82) is 0 Å². The number of halogens is 2.